The highest BCUT2D eigenvalue weighted by Gasteiger charge is 2.12. The molecule has 0 unspecified atom stereocenters. The van der Waals surface area contributed by atoms with Crippen molar-refractivity contribution in [2.45, 2.75) is 72.1 Å². The van der Waals surface area contributed by atoms with Crippen LogP contribution in [-0.2, 0) is 0 Å². The number of amides is 1. The molecular formula is C28H36N4O2S2. The highest BCUT2D eigenvalue weighted by Crippen LogP contribution is 2.21. The second kappa shape index (κ2) is 14.7. The lowest BCUT2D eigenvalue weighted by Gasteiger charge is -2.12. The SMILES string of the molecule is CCCCCCCCCCOc1ccc(C(=O)Nc2cc(C(=S)Nc3nnc(C)s3)ccc2C)cc1. The first kappa shape index (κ1) is 27.7. The minimum absolute atomic E-state index is 0.177. The van der Waals surface area contributed by atoms with Crippen LogP contribution < -0.4 is 15.4 Å². The fourth-order valence-corrected chi connectivity index (χ4v) is 4.62. The van der Waals surface area contributed by atoms with Gasteiger partial charge < -0.3 is 15.4 Å². The molecule has 1 aromatic heterocycles. The highest BCUT2D eigenvalue weighted by molar-refractivity contribution is 7.81. The molecule has 0 spiro atoms. The maximum absolute atomic E-state index is 12.9. The molecule has 36 heavy (non-hydrogen) atoms. The average Bonchev–Trinajstić information content (AvgIpc) is 3.28. The maximum Gasteiger partial charge on any atom is 0.255 e. The van der Waals surface area contributed by atoms with Gasteiger partial charge in [0.1, 0.15) is 15.7 Å². The number of aryl methyl sites for hydroxylation is 2. The van der Waals surface area contributed by atoms with Gasteiger partial charge in [0.25, 0.3) is 5.91 Å². The van der Waals surface area contributed by atoms with Crippen molar-refractivity contribution in [1.29, 1.82) is 0 Å². The van der Waals surface area contributed by atoms with Crippen LogP contribution in [0.25, 0.3) is 0 Å². The van der Waals surface area contributed by atoms with Crippen LogP contribution in [0, 0.1) is 13.8 Å². The molecule has 1 amide bonds. The number of carbonyl (C=O) groups excluding carboxylic acids is 1. The van der Waals surface area contributed by atoms with Crippen molar-refractivity contribution in [1.82, 2.24) is 10.2 Å². The van der Waals surface area contributed by atoms with E-state index < -0.39 is 0 Å². The van der Waals surface area contributed by atoms with E-state index in [-0.39, 0.29) is 5.91 Å². The number of unbranched alkanes of at least 4 members (excludes halogenated alkanes) is 7. The van der Waals surface area contributed by atoms with Crippen LogP contribution in [-0.4, -0.2) is 27.7 Å². The fraction of sp³-hybridized carbons (Fsp3) is 0.429. The van der Waals surface area contributed by atoms with Crippen molar-refractivity contribution in [2.75, 3.05) is 17.2 Å². The normalized spacial score (nSPS) is 10.8. The third-order valence-electron chi connectivity index (χ3n) is 5.88. The fourth-order valence-electron chi connectivity index (χ4n) is 3.74. The van der Waals surface area contributed by atoms with Crippen molar-refractivity contribution < 1.29 is 9.53 Å². The Balaban J connectivity index is 1.46. The van der Waals surface area contributed by atoms with Crippen molar-refractivity contribution in [3.8, 4) is 5.75 Å². The minimum Gasteiger partial charge on any atom is -0.494 e. The number of anilines is 2. The topological polar surface area (TPSA) is 76.1 Å². The molecule has 3 aromatic rings. The summed E-state index contributed by atoms with van der Waals surface area (Å²) in [6, 6.07) is 13.0. The quantitative estimate of drug-likeness (QED) is 0.166. The molecule has 2 N–H and O–H groups in total. The van der Waals surface area contributed by atoms with Crippen molar-refractivity contribution >= 4 is 45.3 Å². The molecule has 3 rings (SSSR count). The third kappa shape index (κ3) is 8.99. The number of rotatable bonds is 14. The van der Waals surface area contributed by atoms with E-state index in [1.807, 2.05) is 44.2 Å². The average molecular weight is 525 g/mol. The van der Waals surface area contributed by atoms with E-state index in [0.717, 1.165) is 28.3 Å². The lowest BCUT2D eigenvalue weighted by molar-refractivity contribution is 0.102. The Morgan fingerprint density at radius 1 is 0.889 bits per heavy atom. The van der Waals surface area contributed by atoms with Crippen LogP contribution >= 0.6 is 23.6 Å². The largest absolute Gasteiger partial charge is 0.494 e. The Bertz CT molecular complexity index is 1130. The Kier molecular flexibility index (Phi) is 11.3. The molecule has 6 nitrogen and oxygen atoms in total. The number of aromatic nitrogens is 2. The number of carbonyl (C=O) groups is 1. The summed E-state index contributed by atoms with van der Waals surface area (Å²) in [7, 11) is 0. The summed E-state index contributed by atoms with van der Waals surface area (Å²) in [6.45, 7) is 6.79. The van der Waals surface area contributed by atoms with Gasteiger partial charge in [-0.2, -0.15) is 0 Å². The predicted molar refractivity (Wildman–Crippen MR) is 154 cm³/mol. The summed E-state index contributed by atoms with van der Waals surface area (Å²) in [4.78, 5) is 13.4. The van der Waals surface area contributed by atoms with Gasteiger partial charge in [0.2, 0.25) is 5.13 Å². The molecule has 8 heteroatoms. The molecule has 0 aliphatic carbocycles. The number of benzene rings is 2. The maximum atomic E-state index is 12.9. The van der Waals surface area contributed by atoms with E-state index in [0.29, 0.717) is 28.0 Å². The summed E-state index contributed by atoms with van der Waals surface area (Å²) >= 11 is 6.95. The van der Waals surface area contributed by atoms with Gasteiger partial charge in [-0.15, -0.1) is 10.2 Å². The van der Waals surface area contributed by atoms with Crippen LogP contribution in [0.5, 0.6) is 5.75 Å². The molecule has 0 aliphatic heterocycles. The van der Waals surface area contributed by atoms with E-state index in [9.17, 15) is 4.79 Å². The number of hydrogen-bond donors (Lipinski definition) is 2. The Morgan fingerprint density at radius 2 is 1.56 bits per heavy atom. The van der Waals surface area contributed by atoms with E-state index in [4.69, 9.17) is 17.0 Å². The van der Waals surface area contributed by atoms with Crippen LogP contribution in [0.3, 0.4) is 0 Å². The minimum atomic E-state index is -0.177. The van der Waals surface area contributed by atoms with Crippen molar-refractivity contribution in [3.05, 3.63) is 64.2 Å². The molecule has 2 aromatic carbocycles. The second-order valence-corrected chi connectivity index (χ2v) is 10.5. The zero-order valence-corrected chi connectivity index (χ0v) is 23.1. The molecule has 0 aliphatic rings. The summed E-state index contributed by atoms with van der Waals surface area (Å²) in [5.74, 6) is 0.611. The number of nitrogens with one attached hydrogen (secondary N) is 2. The first-order chi connectivity index (χ1) is 17.5. The summed E-state index contributed by atoms with van der Waals surface area (Å²) in [5.41, 5.74) is 3.03. The summed E-state index contributed by atoms with van der Waals surface area (Å²) < 4.78 is 5.85. The van der Waals surface area contributed by atoms with Crippen LogP contribution in [0.1, 0.15) is 84.8 Å². The number of ether oxygens (including phenoxy) is 1. The third-order valence-corrected chi connectivity index (χ3v) is 6.97. The zero-order chi connectivity index (χ0) is 25.8. The molecule has 0 bridgehead atoms. The molecular weight excluding hydrogens is 488 g/mol. The lowest BCUT2D eigenvalue weighted by atomic mass is 10.1. The smallest absolute Gasteiger partial charge is 0.255 e. The zero-order valence-electron chi connectivity index (χ0n) is 21.4. The summed E-state index contributed by atoms with van der Waals surface area (Å²) in [5, 5.41) is 15.7. The first-order valence-corrected chi connectivity index (χ1v) is 13.9. The van der Waals surface area contributed by atoms with Gasteiger partial charge in [-0.3, -0.25) is 4.79 Å². The standard InChI is InChI=1S/C28H36N4O2S2/c1-4-5-6-7-8-9-10-11-18-34-24-16-14-22(15-17-24)26(33)29-25-19-23(13-12-20(25)2)27(35)30-28-32-31-21(3)36-28/h12-17,19H,4-11,18H2,1-3H3,(H,29,33)(H,30,32,35). The van der Waals surface area contributed by atoms with Gasteiger partial charge >= 0.3 is 0 Å². The monoisotopic (exact) mass is 524 g/mol. The molecule has 0 atom stereocenters. The Hall–Kier alpha value is -2.84. The van der Waals surface area contributed by atoms with Gasteiger partial charge in [0, 0.05) is 16.8 Å². The highest BCUT2D eigenvalue weighted by atomic mass is 32.1. The molecule has 1 heterocycles. The second-order valence-electron chi connectivity index (χ2n) is 8.91. The van der Waals surface area contributed by atoms with Crippen LogP contribution in [0.4, 0.5) is 10.8 Å². The molecule has 0 fully saturated rings. The molecule has 0 saturated carbocycles. The van der Waals surface area contributed by atoms with E-state index in [1.54, 1.807) is 12.1 Å². The van der Waals surface area contributed by atoms with Gasteiger partial charge in [-0.1, -0.05) is 87.6 Å². The first-order valence-electron chi connectivity index (χ1n) is 12.7. The van der Waals surface area contributed by atoms with Gasteiger partial charge in [-0.25, -0.2) is 0 Å². The molecule has 192 valence electrons. The van der Waals surface area contributed by atoms with Crippen molar-refractivity contribution in [3.63, 3.8) is 0 Å². The van der Waals surface area contributed by atoms with E-state index in [1.165, 1.54) is 56.3 Å². The van der Waals surface area contributed by atoms with E-state index in [2.05, 4.69) is 27.8 Å². The van der Waals surface area contributed by atoms with Gasteiger partial charge in [0.15, 0.2) is 0 Å². The van der Waals surface area contributed by atoms with E-state index >= 15 is 0 Å². The predicted octanol–water partition coefficient (Wildman–Crippen LogP) is 7.71. The Labute approximate surface area is 223 Å². The number of hydrogen-bond acceptors (Lipinski definition) is 6. The number of thiocarbonyl (C=S) groups is 1. The molecule has 0 radical (unpaired) electrons. The van der Waals surface area contributed by atoms with Gasteiger partial charge in [-0.05, 0) is 56.2 Å². The number of nitrogens with zero attached hydrogens (tertiary/aromatic N) is 2. The van der Waals surface area contributed by atoms with Crippen molar-refractivity contribution in [2.24, 2.45) is 0 Å². The van der Waals surface area contributed by atoms with Gasteiger partial charge in [0.05, 0.1) is 6.61 Å². The Morgan fingerprint density at radius 3 is 2.22 bits per heavy atom. The van der Waals surface area contributed by atoms with Crippen LogP contribution in [0.15, 0.2) is 42.5 Å². The van der Waals surface area contributed by atoms with Crippen LogP contribution in [0.2, 0.25) is 0 Å². The summed E-state index contributed by atoms with van der Waals surface area (Å²) in [6.07, 6.45) is 10.2. The molecule has 0 saturated heterocycles. The lowest BCUT2D eigenvalue weighted by Crippen LogP contribution is -2.15.